The second-order valence-corrected chi connectivity index (χ2v) is 22.4. The highest BCUT2D eigenvalue weighted by atomic mass is 16.6. The second kappa shape index (κ2) is 66.8. The number of carbonyl (C=O) groups is 3. The van der Waals surface area contributed by atoms with Gasteiger partial charge in [-0.05, 0) is 103 Å². The Balaban J connectivity index is 3.98. The molecule has 0 aliphatic carbocycles. The molecule has 0 aliphatic heterocycles. The SMILES string of the molecule is CC/C=C\C/C=C\C/C=C\C/C=C\C/C=C\C/C=C\C/C=C\CCCCCCCCCCCCCCCC(=O)OCC(COC(=O)CCCCCCC)OC(=O)CCCCCCCCCCC/C=C\CCCCCCCCCC. The van der Waals surface area contributed by atoms with Crippen LogP contribution in [-0.4, -0.2) is 37.2 Å². The Labute approximate surface area is 489 Å². The molecule has 0 heterocycles. The summed E-state index contributed by atoms with van der Waals surface area (Å²) in [6.07, 6.45) is 90.5. The van der Waals surface area contributed by atoms with E-state index in [1.807, 2.05) is 0 Å². The molecule has 0 spiro atoms. The van der Waals surface area contributed by atoms with Crippen molar-refractivity contribution in [3.05, 3.63) is 97.2 Å². The van der Waals surface area contributed by atoms with Gasteiger partial charge in [0.05, 0.1) is 0 Å². The summed E-state index contributed by atoms with van der Waals surface area (Å²) < 4.78 is 16.8. The lowest BCUT2D eigenvalue weighted by atomic mass is 10.0. The molecule has 0 aromatic rings. The van der Waals surface area contributed by atoms with Crippen molar-refractivity contribution in [3.63, 3.8) is 0 Å². The summed E-state index contributed by atoms with van der Waals surface area (Å²) in [6, 6.07) is 0. The molecular weight excluding hydrogens is 973 g/mol. The van der Waals surface area contributed by atoms with Gasteiger partial charge in [0.25, 0.3) is 0 Å². The van der Waals surface area contributed by atoms with Crippen LogP contribution in [0.3, 0.4) is 0 Å². The molecule has 0 saturated heterocycles. The molecule has 0 aromatic heterocycles. The maximum atomic E-state index is 12.8. The zero-order valence-electron chi connectivity index (χ0n) is 52.1. The fraction of sp³-hybridized carbons (Fsp3) is 0.740. The molecule has 0 N–H and O–H groups in total. The summed E-state index contributed by atoms with van der Waals surface area (Å²) in [6.45, 7) is 6.47. The van der Waals surface area contributed by atoms with E-state index in [0.29, 0.717) is 19.3 Å². The quantitative estimate of drug-likeness (QED) is 0.0261. The highest BCUT2D eigenvalue weighted by Gasteiger charge is 2.19. The third-order valence-corrected chi connectivity index (χ3v) is 14.6. The number of carbonyl (C=O) groups excluding carboxylic acids is 3. The van der Waals surface area contributed by atoms with Gasteiger partial charge in [-0.3, -0.25) is 14.4 Å². The standard InChI is InChI=1S/C73H126O6/c1-4-7-10-13-15-17-19-21-23-25-27-29-30-31-32-33-34-35-36-37-38-39-40-41-42-44-45-47-49-51-53-55-57-60-63-66-72(75)78-69-70(68-77-71(74)65-62-59-12-9-6-3)79-73(76)67-64-61-58-56-54-52-50-48-46-43-28-26-24-22-20-18-16-14-11-8-5-2/h7,10,15,17,21,23,26-29,31-32,34-35,37-38,70H,4-6,8-9,11-14,16,18-20,22,24-25,30,33,36,39-69H2,1-3H3/b10-7-,17-15-,23-21-,28-26-,29-27-,32-31-,35-34-,38-37-. The average molecular weight is 1100 g/mol. The number of hydrogen-bond donors (Lipinski definition) is 0. The summed E-state index contributed by atoms with van der Waals surface area (Å²) in [5.74, 6) is -0.881. The van der Waals surface area contributed by atoms with Gasteiger partial charge in [0.2, 0.25) is 0 Å². The van der Waals surface area contributed by atoms with Gasteiger partial charge in [-0.2, -0.15) is 0 Å². The number of esters is 3. The Kier molecular flexibility index (Phi) is 63.7. The van der Waals surface area contributed by atoms with E-state index in [1.54, 1.807) is 0 Å². The third-order valence-electron chi connectivity index (χ3n) is 14.6. The topological polar surface area (TPSA) is 78.9 Å². The number of unbranched alkanes of at least 4 members (excludes halogenated alkanes) is 34. The first-order chi connectivity index (χ1) is 39.0. The summed E-state index contributed by atoms with van der Waals surface area (Å²) >= 11 is 0. The van der Waals surface area contributed by atoms with Crippen LogP contribution < -0.4 is 0 Å². The van der Waals surface area contributed by atoms with Crippen molar-refractivity contribution in [2.45, 2.75) is 335 Å². The lowest BCUT2D eigenvalue weighted by Gasteiger charge is -2.18. The molecule has 0 rings (SSSR count). The molecule has 0 saturated carbocycles. The Morgan fingerprint density at radius 3 is 0.785 bits per heavy atom. The number of hydrogen-bond acceptors (Lipinski definition) is 6. The number of rotatable bonds is 61. The first-order valence-electron chi connectivity index (χ1n) is 33.7. The number of allylic oxidation sites excluding steroid dienone is 16. The van der Waals surface area contributed by atoms with Crippen LogP contribution in [0, 0.1) is 0 Å². The van der Waals surface area contributed by atoms with E-state index in [4.69, 9.17) is 14.2 Å². The van der Waals surface area contributed by atoms with Crippen LogP contribution in [0.1, 0.15) is 329 Å². The third kappa shape index (κ3) is 65.0. The first-order valence-corrected chi connectivity index (χ1v) is 33.7. The van der Waals surface area contributed by atoms with Crippen molar-refractivity contribution in [1.29, 1.82) is 0 Å². The van der Waals surface area contributed by atoms with Crippen molar-refractivity contribution in [2.24, 2.45) is 0 Å². The van der Waals surface area contributed by atoms with Crippen LogP contribution in [-0.2, 0) is 28.6 Å². The van der Waals surface area contributed by atoms with E-state index in [0.717, 1.165) is 109 Å². The van der Waals surface area contributed by atoms with Crippen molar-refractivity contribution in [2.75, 3.05) is 13.2 Å². The van der Waals surface area contributed by atoms with E-state index < -0.39 is 6.10 Å². The molecule has 0 amide bonds. The lowest BCUT2D eigenvalue weighted by Crippen LogP contribution is -2.30. The zero-order valence-corrected chi connectivity index (χ0v) is 52.1. The van der Waals surface area contributed by atoms with E-state index in [9.17, 15) is 14.4 Å². The van der Waals surface area contributed by atoms with Gasteiger partial charge in [-0.1, -0.05) is 304 Å². The van der Waals surface area contributed by atoms with E-state index in [2.05, 4.69) is 118 Å². The highest BCUT2D eigenvalue weighted by Crippen LogP contribution is 2.17. The van der Waals surface area contributed by atoms with Crippen LogP contribution in [0.4, 0.5) is 0 Å². The predicted molar refractivity (Wildman–Crippen MR) is 344 cm³/mol. The fourth-order valence-electron chi connectivity index (χ4n) is 9.54. The summed E-state index contributed by atoms with van der Waals surface area (Å²) in [5.41, 5.74) is 0. The van der Waals surface area contributed by atoms with Gasteiger partial charge in [-0.25, -0.2) is 0 Å². The lowest BCUT2D eigenvalue weighted by molar-refractivity contribution is -0.167. The zero-order chi connectivity index (χ0) is 57.1. The van der Waals surface area contributed by atoms with Crippen LogP contribution in [0.15, 0.2) is 97.2 Å². The van der Waals surface area contributed by atoms with E-state index >= 15 is 0 Å². The highest BCUT2D eigenvalue weighted by molar-refractivity contribution is 5.71. The summed E-state index contributed by atoms with van der Waals surface area (Å²) in [5, 5.41) is 0. The predicted octanol–water partition coefficient (Wildman–Crippen LogP) is 23.2. The molecule has 6 nitrogen and oxygen atoms in total. The van der Waals surface area contributed by atoms with Crippen LogP contribution in [0.2, 0.25) is 0 Å². The van der Waals surface area contributed by atoms with Crippen LogP contribution >= 0.6 is 0 Å². The first kappa shape index (κ1) is 75.3. The minimum absolute atomic E-state index is 0.0758. The van der Waals surface area contributed by atoms with Gasteiger partial charge < -0.3 is 14.2 Å². The Morgan fingerprint density at radius 2 is 0.494 bits per heavy atom. The van der Waals surface area contributed by atoms with Gasteiger partial charge in [0.15, 0.2) is 6.10 Å². The van der Waals surface area contributed by atoms with Gasteiger partial charge in [-0.15, -0.1) is 0 Å². The summed E-state index contributed by atoms with van der Waals surface area (Å²) in [4.78, 5) is 38.0. The molecular formula is C73H126O6. The molecule has 0 fully saturated rings. The average Bonchev–Trinajstić information content (AvgIpc) is 3.45. The molecule has 454 valence electrons. The monoisotopic (exact) mass is 1100 g/mol. The minimum Gasteiger partial charge on any atom is -0.462 e. The normalized spacial score (nSPS) is 12.7. The molecule has 1 unspecified atom stereocenters. The van der Waals surface area contributed by atoms with Crippen LogP contribution in [0.25, 0.3) is 0 Å². The molecule has 0 aromatic carbocycles. The maximum Gasteiger partial charge on any atom is 0.306 e. The minimum atomic E-state index is -0.774. The molecule has 6 heteroatoms. The van der Waals surface area contributed by atoms with Crippen molar-refractivity contribution >= 4 is 17.9 Å². The second-order valence-electron chi connectivity index (χ2n) is 22.4. The molecule has 0 aliphatic rings. The fourth-order valence-corrected chi connectivity index (χ4v) is 9.54. The molecule has 0 radical (unpaired) electrons. The van der Waals surface area contributed by atoms with Crippen molar-refractivity contribution in [3.8, 4) is 0 Å². The Morgan fingerprint density at radius 1 is 0.266 bits per heavy atom. The Bertz CT molecular complexity index is 1540. The molecule has 1 atom stereocenters. The van der Waals surface area contributed by atoms with E-state index in [1.165, 1.54) is 180 Å². The largest absolute Gasteiger partial charge is 0.462 e. The van der Waals surface area contributed by atoms with Crippen molar-refractivity contribution in [1.82, 2.24) is 0 Å². The molecule has 0 bridgehead atoms. The smallest absolute Gasteiger partial charge is 0.306 e. The Hall–Kier alpha value is -3.67. The van der Waals surface area contributed by atoms with Crippen LogP contribution in [0.5, 0.6) is 0 Å². The molecule has 79 heavy (non-hydrogen) atoms. The van der Waals surface area contributed by atoms with Gasteiger partial charge in [0, 0.05) is 19.3 Å². The van der Waals surface area contributed by atoms with Crippen molar-refractivity contribution < 1.29 is 28.6 Å². The summed E-state index contributed by atoms with van der Waals surface area (Å²) in [7, 11) is 0. The van der Waals surface area contributed by atoms with Gasteiger partial charge in [0.1, 0.15) is 13.2 Å². The van der Waals surface area contributed by atoms with E-state index in [-0.39, 0.29) is 31.1 Å². The van der Waals surface area contributed by atoms with Gasteiger partial charge >= 0.3 is 17.9 Å². The maximum absolute atomic E-state index is 12.8. The number of ether oxygens (including phenoxy) is 3.